The van der Waals surface area contributed by atoms with Crippen LogP contribution in [0.5, 0.6) is 0 Å². The van der Waals surface area contributed by atoms with Gasteiger partial charge in [-0.2, -0.15) is 0 Å². The Labute approximate surface area is 133 Å². The molecule has 0 N–H and O–H groups in total. The maximum atomic E-state index is 6.23. The van der Waals surface area contributed by atoms with Crippen molar-refractivity contribution in [3.05, 3.63) is 30.1 Å². The van der Waals surface area contributed by atoms with Crippen LogP contribution < -0.4 is 0 Å². The van der Waals surface area contributed by atoms with Crippen LogP contribution in [-0.2, 0) is 16.0 Å². The van der Waals surface area contributed by atoms with Crippen LogP contribution in [0.4, 0.5) is 0 Å². The van der Waals surface area contributed by atoms with E-state index < -0.39 is 0 Å². The second-order valence-corrected chi connectivity index (χ2v) is 6.91. The fraction of sp³-hybridized carbons (Fsp3) is 0.706. The van der Waals surface area contributed by atoms with Crippen molar-refractivity contribution in [3.8, 4) is 0 Å². The number of ether oxygens (including phenoxy) is 2. The lowest BCUT2D eigenvalue weighted by atomic mass is 9.94. The predicted octanol–water partition coefficient (Wildman–Crippen LogP) is 1.25. The zero-order valence-corrected chi connectivity index (χ0v) is 13.7. The molecule has 1 aromatic rings. The van der Waals surface area contributed by atoms with Crippen LogP contribution in [0, 0.1) is 5.92 Å². The van der Waals surface area contributed by atoms with Gasteiger partial charge in [-0.3, -0.25) is 9.88 Å². The molecule has 2 aliphatic rings. The average molecular weight is 305 g/mol. The SMILES string of the molecule is CN(C)C[C@@H]1CO[C@@]2(COCCN(Cc3ccccn3)C2)C1. The molecule has 0 saturated carbocycles. The van der Waals surface area contributed by atoms with Gasteiger partial charge >= 0.3 is 0 Å². The first-order valence-electron chi connectivity index (χ1n) is 8.14. The minimum Gasteiger partial charge on any atom is -0.377 e. The largest absolute Gasteiger partial charge is 0.377 e. The van der Waals surface area contributed by atoms with E-state index in [1.807, 2.05) is 18.3 Å². The van der Waals surface area contributed by atoms with Crippen LogP contribution in [0.25, 0.3) is 0 Å². The highest BCUT2D eigenvalue weighted by Crippen LogP contribution is 2.33. The van der Waals surface area contributed by atoms with Gasteiger partial charge in [-0.15, -0.1) is 0 Å². The van der Waals surface area contributed by atoms with E-state index in [-0.39, 0.29) is 5.60 Å². The molecule has 2 fully saturated rings. The van der Waals surface area contributed by atoms with Gasteiger partial charge in [-0.25, -0.2) is 0 Å². The molecule has 3 rings (SSSR count). The van der Waals surface area contributed by atoms with Gasteiger partial charge in [0.15, 0.2) is 0 Å². The molecule has 0 unspecified atom stereocenters. The zero-order chi connectivity index (χ0) is 15.4. The van der Waals surface area contributed by atoms with E-state index in [4.69, 9.17) is 9.47 Å². The molecular formula is C17H27N3O2. The highest BCUT2D eigenvalue weighted by molar-refractivity contribution is 5.04. The Kier molecular flexibility index (Phi) is 5.08. The average Bonchev–Trinajstić information content (AvgIpc) is 2.75. The number of hydrogen-bond acceptors (Lipinski definition) is 5. The van der Waals surface area contributed by atoms with E-state index >= 15 is 0 Å². The highest BCUT2D eigenvalue weighted by atomic mass is 16.5. The Hall–Kier alpha value is -1.01. The van der Waals surface area contributed by atoms with Crippen LogP contribution in [0.1, 0.15) is 12.1 Å². The lowest BCUT2D eigenvalue weighted by Crippen LogP contribution is -2.44. The second kappa shape index (κ2) is 7.04. The summed E-state index contributed by atoms with van der Waals surface area (Å²) < 4.78 is 12.1. The summed E-state index contributed by atoms with van der Waals surface area (Å²) in [5.41, 5.74) is 0.980. The van der Waals surface area contributed by atoms with E-state index in [2.05, 4.69) is 34.9 Å². The summed E-state index contributed by atoms with van der Waals surface area (Å²) in [4.78, 5) is 9.11. The third kappa shape index (κ3) is 4.04. The van der Waals surface area contributed by atoms with E-state index in [0.29, 0.717) is 5.92 Å². The first kappa shape index (κ1) is 15.9. The van der Waals surface area contributed by atoms with Gasteiger partial charge in [0.25, 0.3) is 0 Å². The normalized spacial score (nSPS) is 30.0. The molecule has 5 heteroatoms. The summed E-state index contributed by atoms with van der Waals surface area (Å²) in [5, 5.41) is 0. The summed E-state index contributed by atoms with van der Waals surface area (Å²) in [7, 11) is 4.25. The van der Waals surface area contributed by atoms with E-state index in [0.717, 1.165) is 58.1 Å². The molecule has 1 aromatic heterocycles. The van der Waals surface area contributed by atoms with Crippen LogP contribution in [-0.4, -0.2) is 73.9 Å². The summed E-state index contributed by atoms with van der Waals surface area (Å²) in [5.74, 6) is 0.605. The molecule has 5 nitrogen and oxygen atoms in total. The smallest absolute Gasteiger partial charge is 0.104 e. The van der Waals surface area contributed by atoms with Gasteiger partial charge in [0.05, 0.1) is 25.5 Å². The van der Waals surface area contributed by atoms with Gasteiger partial charge in [-0.05, 0) is 38.6 Å². The third-order valence-corrected chi connectivity index (χ3v) is 4.45. The van der Waals surface area contributed by atoms with Crippen molar-refractivity contribution in [1.29, 1.82) is 0 Å². The number of aromatic nitrogens is 1. The summed E-state index contributed by atoms with van der Waals surface area (Å²) >= 11 is 0. The van der Waals surface area contributed by atoms with E-state index in [9.17, 15) is 0 Å². The molecule has 2 atom stereocenters. The van der Waals surface area contributed by atoms with Gasteiger partial charge in [0.2, 0.25) is 0 Å². The quantitative estimate of drug-likeness (QED) is 0.837. The summed E-state index contributed by atoms with van der Waals surface area (Å²) in [6, 6.07) is 6.09. The molecule has 0 aliphatic carbocycles. The summed E-state index contributed by atoms with van der Waals surface area (Å²) in [6.45, 7) is 6.17. The molecule has 22 heavy (non-hydrogen) atoms. The Morgan fingerprint density at radius 1 is 1.41 bits per heavy atom. The molecule has 122 valence electrons. The van der Waals surface area contributed by atoms with Gasteiger partial charge in [-0.1, -0.05) is 6.07 Å². The minimum atomic E-state index is -0.133. The maximum absolute atomic E-state index is 6.23. The topological polar surface area (TPSA) is 37.8 Å². The van der Waals surface area contributed by atoms with Crippen molar-refractivity contribution in [1.82, 2.24) is 14.8 Å². The number of rotatable bonds is 4. The zero-order valence-electron chi connectivity index (χ0n) is 13.7. The molecule has 0 radical (unpaired) electrons. The first-order valence-corrected chi connectivity index (χ1v) is 8.14. The van der Waals surface area contributed by atoms with Crippen molar-refractivity contribution in [3.63, 3.8) is 0 Å². The Morgan fingerprint density at radius 2 is 2.32 bits per heavy atom. The lowest BCUT2D eigenvalue weighted by molar-refractivity contribution is -0.0563. The van der Waals surface area contributed by atoms with Crippen molar-refractivity contribution in [2.75, 3.05) is 53.6 Å². The maximum Gasteiger partial charge on any atom is 0.104 e. The number of nitrogens with zero attached hydrogens (tertiary/aromatic N) is 3. The van der Waals surface area contributed by atoms with Crippen LogP contribution in [0.2, 0.25) is 0 Å². The van der Waals surface area contributed by atoms with Crippen LogP contribution >= 0.6 is 0 Å². The number of pyridine rings is 1. The molecule has 2 aliphatic heterocycles. The highest BCUT2D eigenvalue weighted by Gasteiger charge is 2.43. The standard InChI is InChI=1S/C17H27N3O2/c1-19(2)10-15-9-17(22-12-15)13-20(7-8-21-14-17)11-16-5-3-4-6-18-16/h3-6,15H,7-14H2,1-2H3/t15-,17+/m1/s1. The molecule has 0 bridgehead atoms. The van der Waals surface area contributed by atoms with Crippen molar-refractivity contribution < 1.29 is 9.47 Å². The van der Waals surface area contributed by atoms with Crippen molar-refractivity contribution in [2.45, 2.75) is 18.6 Å². The van der Waals surface area contributed by atoms with E-state index in [1.54, 1.807) is 0 Å². The van der Waals surface area contributed by atoms with Crippen LogP contribution in [0.3, 0.4) is 0 Å². The Morgan fingerprint density at radius 3 is 3.09 bits per heavy atom. The Balaban J connectivity index is 1.63. The van der Waals surface area contributed by atoms with E-state index in [1.165, 1.54) is 0 Å². The predicted molar refractivity (Wildman–Crippen MR) is 85.7 cm³/mol. The monoisotopic (exact) mass is 305 g/mol. The van der Waals surface area contributed by atoms with Crippen LogP contribution in [0.15, 0.2) is 24.4 Å². The number of hydrogen-bond donors (Lipinski definition) is 0. The molecular weight excluding hydrogens is 278 g/mol. The lowest BCUT2D eigenvalue weighted by Gasteiger charge is -2.31. The van der Waals surface area contributed by atoms with Crippen molar-refractivity contribution in [2.24, 2.45) is 5.92 Å². The van der Waals surface area contributed by atoms with Gasteiger partial charge in [0.1, 0.15) is 5.60 Å². The van der Waals surface area contributed by atoms with Gasteiger partial charge in [0, 0.05) is 32.4 Å². The molecule has 2 saturated heterocycles. The fourth-order valence-electron chi connectivity index (χ4n) is 3.62. The second-order valence-electron chi connectivity index (χ2n) is 6.91. The third-order valence-electron chi connectivity index (χ3n) is 4.45. The molecule has 0 amide bonds. The molecule has 0 aromatic carbocycles. The minimum absolute atomic E-state index is 0.133. The van der Waals surface area contributed by atoms with Crippen molar-refractivity contribution >= 4 is 0 Å². The first-order chi connectivity index (χ1) is 10.7. The molecule has 1 spiro atoms. The Bertz CT molecular complexity index is 468. The fourth-order valence-corrected chi connectivity index (χ4v) is 3.62. The summed E-state index contributed by atoms with van der Waals surface area (Å²) in [6.07, 6.45) is 2.95. The molecule has 3 heterocycles. The van der Waals surface area contributed by atoms with Gasteiger partial charge < -0.3 is 14.4 Å².